The van der Waals surface area contributed by atoms with E-state index in [1.54, 1.807) is 23.2 Å². The van der Waals surface area contributed by atoms with Crippen molar-refractivity contribution in [3.05, 3.63) is 52.3 Å². The van der Waals surface area contributed by atoms with E-state index >= 15 is 0 Å². The molecule has 2 aliphatic rings. The number of esters is 1. The van der Waals surface area contributed by atoms with E-state index in [2.05, 4.69) is 5.10 Å². The third-order valence-electron chi connectivity index (χ3n) is 4.02. The minimum atomic E-state index is -4.39. The summed E-state index contributed by atoms with van der Waals surface area (Å²) in [5.41, 5.74) is 0.436. The van der Waals surface area contributed by atoms with Gasteiger partial charge in [0.25, 0.3) is 0 Å². The molecule has 0 saturated carbocycles. The minimum Gasteiger partial charge on any atom is -0.503 e. The maximum atomic E-state index is 12.8. The molecule has 2 heterocycles. The Labute approximate surface area is 157 Å². The molecule has 0 aliphatic carbocycles. The molecule has 1 atom stereocenters. The molecule has 0 saturated heterocycles. The first-order chi connectivity index (χ1) is 12.8. The van der Waals surface area contributed by atoms with Gasteiger partial charge in [-0.2, -0.15) is 18.3 Å². The Bertz CT molecular complexity index is 834. The second-order valence-corrected chi connectivity index (χ2v) is 6.71. The number of anilines is 1. The number of ether oxygens (including phenoxy) is 2. The molecular formula is C17H16F3N3O3S. The van der Waals surface area contributed by atoms with E-state index in [4.69, 9.17) is 9.47 Å². The van der Waals surface area contributed by atoms with Crippen LogP contribution in [0.15, 0.2) is 51.8 Å². The first-order valence-electron chi connectivity index (χ1n) is 7.76. The summed E-state index contributed by atoms with van der Waals surface area (Å²) in [5.74, 6) is -0.551. The molecule has 0 spiro atoms. The topological polar surface area (TPSA) is 54.4 Å². The van der Waals surface area contributed by atoms with Crippen molar-refractivity contribution in [2.45, 2.75) is 18.6 Å². The summed E-state index contributed by atoms with van der Waals surface area (Å²) < 4.78 is 48.1. The van der Waals surface area contributed by atoms with E-state index in [0.29, 0.717) is 16.3 Å². The number of carbonyl (C=O) groups excluding carboxylic acids is 1. The Morgan fingerprint density at radius 3 is 2.48 bits per heavy atom. The highest BCUT2D eigenvalue weighted by molar-refractivity contribution is 8.04. The monoisotopic (exact) mass is 399 g/mol. The van der Waals surface area contributed by atoms with Gasteiger partial charge in [-0.1, -0.05) is 11.8 Å². The predicted octanol–water partition coefficient (Wildman–Crippen LogP) is 3.74. The van der Waals surface area contributed by atoms with E-state index in [0.717, 1.165) is 12.1 Å². The van der Waals surface area contributed by atoms with Crippen LogP contribution in [0.2, 0.25) is 0 Å². The molecular weight excluding hydrogens is 383 g/mol. The van der Waals surface area contributed by atoms with Gasteiger partial charge in [-0.3, -0.25) is 4.90 Å². The molecule has 10 heteroatoms. The fraction of sp³-hybridized carbons (Fsp3) is 0.294. The van der Waals surface area contributed by atoms with E-state index in [1.807, 2.05) is 0 Å². The molecule has 1 aromatic carbocycles. The third kappa shape index (κ3) is 3.48. The lowest BCUT2D eigenvalue weighted by molar-refractivity contribution is -0.137. The number of hydrogen-bond acceptors (Lipinski definition) is 7. The van der Waals surface area contributed by atoms with Gasteiger partial charge in [-0.15, -0.1) is 0 Å². The molecule has 0 N–H and O–H groups in total. The number of allylic oxidation sites excluding steroid dienone is 1. The fourth-order valence-electron chi connectivity index (χ4n) is 2.69. The normalized spacial score (nSPS) is 19.6. The highest BCUT2D eigenvalue weighted by atomic mass is 32.2. The summed E-state index contributed by atoms with van der Waals surface area (Å²) in [6.07, 6.45) is -1.55. The Kier molecular flexibility index (Phi) is 5.09. The summed E-state index contributed by atoms with van der Waals surface area (Å²) in [5, 5.41) is 5.98. The molecule has 1 aromatic rings. The van der Waals surface area contributed by atoms with E-state index in [-0.39, 0.29) is 11.1 Å². The molecule has 0 aromatic heterocycles. The number of nitrogens with zero attached hydrogens (tertiary/aromatic N) is 3. The van der Waals surface area contributed by atoms with Crippen LogP contribution in [0.3, 0.4) is 0 Å². The van der Waals surface area contributed by atoms with E-state index in [9.17, 15) is 18.0 Å². The summed E-state index contributed by atoms with van der Waals surface area (Å²) >= 11 is 1.33. The zero-order valence-corrected chi connectivity index (χ0v) is 15.5. The minimum absolute atomic E-state index is 0.250. The lowest BCUT2D eigenvalue weighted by Gasteiger charge is -2.24. The van der Waals surface area contributed by atoms with Gasteiger partial charge in [0.2, 0.25) is 0 Å². The smallest absolute Gasteiger partial charge is 0.416 e. The van der Waals surface area contributed by atoms with Gasteiger partial charge in [0.15, 0.2) is 5.50 Å². The van der Waals surface area contributed by atoms with Crippen molar-refractivity contribution in [3.63, 3.8) is 0 Å². The quantitative estimate of drug-likeness (QED) is 0.437. The number of methoxy groups -OCH3 is 2. The molecule has 0 fully saturated rings. The Hall–Kier alpha value is -2.62. The molecule has 3 rings (SSSR count). The number of thioether (sulfide) groups is 1. The van der Waals surface area contributed by atoms with Gasteiger partial charge in [0.1, 0.15) is 11.9 Å². The van der Waals surface area contributed by atoms with Crippen LogP contribution in [0.25, 0.3) is 0 Å². The average molecular weight is 399 g/mol. The van der Waals surface area contributed by atoms with Gasteiger partial charge >= 0.3 is 12.1 Å². The Morgan fingerprint density at radius 1 is 1.26 bits per heavy atom. The van der Waals surface area contributed by atoms with Crippen molar-refractivity contribution in [1.29, 1.82) is 0 Å². The molecule has 27 heavy (non-hydrogen) atoms. The fourth-order valence-corrected chi connectivity index (χ4v) is 4.03. The molecule has 0 bridgehead atoms. The van der Waals surface area contributed by atoms with E-state index in [1.165, 1.54) is 44.4 Å². The van der Waals surface area contributed by atoms with Gasteiger partial charge in [-0.05, 0) is 31.2 Å². The number of hydrazone groups is 1. The van der Waals surface area contributed by atoms with Crippen molar-refractivity contribution in [3.8, 4) is 0 Å². The maximum Gasteiger partial charge on any atom is 0.416 e. The lowest BCUT2D eigenvalue weighted by Crippen LogP contribution is -2.33. The number of halogens is 3. The molecule has 0 amide bonds. The van der Waals surface area contributed by atoms with Crippen LogP contribution in [0.1, 0.15) is 12.5 Å². The number of carbonyl (C=O) groups is 1. The van der Waals surface area contributed by atoms with Gasteiger partial charge in [0.05, 0.1) is 31.7 Å². The standard InChI is InChI=1S/C17H16F3N3O3S/c1-10-14(13(8-25-2)15(24)26-3)27-16-22(9-21-23(10)16)12-6-4-11(5-7-12)17(18,19)20/h4-9,16H,1-3H3/b13-8+. The van der Waals surface area contributed by atoms with E-state index < -0.39 is 17.7 Å². The van der Waals surface area contributed by atoms with Crippen molar-refractivity contribution in [2.24, 2.45) is 5.10 Å². The number of rotatable bonds is 4. The zero-order valence-electron chi connectivity index (χ0n) is 14.6. The summed E-state index contributed by atoms with van der Waals surface area (Å²) in [7, 11) is 2.70. The maximum absolute atomic E-state index is 12.8. The zero-order chi connectivity index (χ0) is 19.8. The molecule has 2 aliphatic heterocycles. The van der Waals surface area contributed by atoms with Crippen LogP contribution >= 0.6 is 11.8 Å². The van der Waals surface area contributed by atoms with Crippen LogP contribution in [0, 0.1) is 0 Å². The van der Waals surface area contributed by atoms with Gasteiger partial charge < -0.3 is 9.47 Å². The Morgan fingerprint density at radius 2 is 1.93 bits per heavy atom. The number of benzene rings is 1. The first kappa shape index (κ1) is 19.2. The molecule has 144 valence electrons. The van der Waals surface area contributed by atoms with Crippen LogP contribution in [-0.2, 0) is 20.4 Å². The van der Waals surface area contributed by atoms with Crippen molar-refractivity contribution in [2.75, 3.05) is 19.1 Å². The summed E-state index contributed by atoms with van der Waals surface area (Å²) in [4.78, 5) is 14.4. The van der Waals surface area contributed by atoms with Gasteiger partial charge in [-0.25, -0.2) is 9.80 Å². The number of alkyl halides is 3. The average Bonchev–Trinajstić information content (AvgIpc) is 3.19. The Balaban J connectivity index is 1.86. The highest BCUT2D eigenvalue weighted by Crippen LogP contribution is 2.46. The van der Waals surface area contributed by atoms with Gasteiger partial charge in [0, 0.05) is 10.6 Å². The second-order valence-electron chi connectivity index (χ2n) is 5.64. The van der Waals surface area contributed by atoms with Crippen molar-refractivity contribution >= 4 is 29.8 Å². The molecule has 0 radical (unpaired) electrons. The summed E-state index contributed by atoms with van der Waals surface area (Å²) in [6, 6.07) is 4.82. The molecule has 6 nitrogen and oxygen atoms in total. The SMILES string of the molecule is CO/C=C(/C(=O)OC)C1=C(C)N2N=CN(c3ccc(C(F)(F)F)cc3)C2S1. The van der Waals surface area contributed by atoms with Crippen LogP contribution in [-0.4, -0.2) is 37.0 Å². The molecule has 1 unspecified atom stereocenters. The van der Waals surface area contributed by atoms with Crippen LogP contribution in [0.5, 0.6) is 0 Å². The largest absolute Gasteiger partial charge is 0.503 e. The third-order valence-corrected chi connectivity index (χ3v) is 5.41. The van der Waals surface area contributed by atoms with Crippen LogP contribution in [0.4, 0.5) is 18.9 Å². The number of fused-ring (bicyclic) bond motifs is 1. The highest BCUT2D eigenvalue weighted by Gasteiger charge is 2.41. The lowest BCUT2D eigenvalue weighted by atomic mass is 10.2. The van der Waals surface area contributed by atoms with Crippen molar-refractivity contribution < 1.29 is 27.4 Å². The second kappa shape index (κ2) is 7.18. The first-order valence-corrected chi connectivity index (χ1v) is 8.64. The predicted molar refractivity (Wildman–Crippen MR) is 95.4 cm³/mol. The van der Waals surface area contributed by atoms with Crippen molar-refractivity contribution in [1.82, 2.24) is 5.01 Å². The van der Waals surface area contributed by atoms with Crippen LogP contribution < -0.4 is 4.90 Å². The number of hydrogen-bond donors (Lipinski definition) is 0. The summed E-state index contributed by atoms with van der Waals surface area (Å²) in [6.45, 7) is 1.79.